The summed E-state index contributed by atoms with van der Waals surface area (Å²) in [5, 5.41) is 8.46. The summed E-state index contributed by atoms with van der Waals surface area (Å²) in [7, 11) is 8.09. The van der Waals surface area contributed by atoms with E-state index < -0.39 is 53.2 Å². The van der Waals surface area contributed by atoms with Crippen molar-refractivity contribution in [3.63, 3.8) is 0 Å². The molecule has 0 N–H and O–H groups in total. The smallest absolute Gasteiger partial charge is 0.410 e. The quantitative estimate of drug-likeness (QED) is 0.172. The lowest BCUT2D eigenvalue weighted by atomic mass is 9.67. The lowest BCUT2D eigenvalue weighted by molar-refractivity contribution is -0.171. The van der Waals surface area contributed by atoms with Gasteiger partial charge in [0.15, 0.2) is 5.60 Å². The average molecular weight is 679 g/mol. The number of esters is 1. The zero-order valence-corrected chi connectivity index (χ0v) is 30.1. The molecule has 2 aliphatic rings. The number of carbonyl (C=O) groups is 4. The molecule has 2 radical (unpaired) electrons. The first kappa shape index (κ1) is 38.0. The highest BCUT2D eigenvalue weighted by molar-refractivity contribution is 6.15. The van der Waals surface area contributed by atoms with Crippen LogP contribution in [-0.4, -0.2) is 111 Å². The number of aryl methyl sites for hydroxylation is 1. The van der Waals surface area contributed by atoms with Crippen LogP contribution in [0.4, 0.5) is 4.79 Å². The summed E-state index contributed by atoms with van der Waals surface area (Å²) in [5.74, 6) is -3.10. The zero-order chi connectivity index (χ0) is 36.1. The standard InChI is InChI=1S/C35H51BN6O7/c1-9-30-35(7)31(41(33(46)49-35)17-13-12-16-40-21-27(38-39-40)26-14-10-11-15-37-26)24(4)42(25(5)43)20-22(2)19-34(6,47-8)29(36)18-28(44)23(3)32(45)48-30/h10-11,14-15,21-24,29-31H,9,12-13,16-20H2,1-8H3/t22-,23-,24-,29-,30-,31-,34-,35-/m1/s1. The molecule has 0 aliphatic carbocycles. The number of unbranched alkanes of at least 4 members (excludes halogenated alkanes) is 1. The molecule has 49 heavy (non-hydrogen) atoms. The van der Waals surface area contributed by atoms with Crippen LogP contribution in [0.3, 0.4) is 0 Å². The summed E-state index contributed by atoms with van der Waals surface area (Å²) in [4.78, 5) is 61.5. The Hall–Kier alpha value is -3.81. The number of nitrogens with zero attached hydrogens (tertiary/aromatic N) is 6. The van der Waals surface area contributed by atoms with Crippen LogP contribution in [0.15, 0.2) is 30.6 Å². The minimum Gasteiger partial charge on any atom is -0.458 e. The van der Waals surface area contributed by atoms with Gasteiger partial charge in [-0.1, -0.05) is 25.1 Å². The number of fused-ring (bicyclic) bond motifs is 1. The summed E-state index contributed by atoms with van der Waals surface area (Å²) in [6, 6.07) is 4.42. The minimum absolute atomic E-state index is 0.0847. The number of Topliss-reactive ketones (excluding diaryl/α,β-unsaturated/α-hetero) is 1. The maximum Gasteiger partial charge on any atom is 0.410 e. The van der Waals surface area contributed by atoms with Gasteiger partial charge in [0.2, 0.25) is 5.91 Å². The van der Waals surface area contributed by atoms with E-state index in [9.17, 15) is 19.2 Å². The molecule has 2 fully saturated rings. The number of pyridine rings is 1. The maximum absolute atomic E-state index is 13.7. The molecular weight excluding hydrogens is 627 g/mol. The van der Waals surface area contributed by atoms with Crippen LogP contribution < -0.4 is 0 Å². The number of rotatable bonds is 8. The lowest BCUT2D eigenvalue weighted by Gasteiger charge is -2.44. The summed E-state index contributed by atoms with van der Waals surface area (Å²) < 4.78 is 19.8. The van der Waals surface area contributed by atoms with E-state index in [1.807, 2.05) is 52.1 Å². The largest absolute Gasteiger partial charge is 0.458 e. The topological polar surface area (TPSA) is 146 Å². The van der Waals surface area contributed by atoms with Gasteiger partial charge in [-0.15, -0.1) is 5.10 Å². The molecule has 2 saturated heterocycles. The predicted molar refractivity (Wildman–Crippen MR) is 182 cm³/mol. The van der Waals surface area contributed by atoms with Crippen molar-refractivity contribution in [1.29, 1.82) is 0 Å². The van der Waals surface area contributed by atoms with Crippen LogP contribution in [0, 0.1) is 11.8 Å². The number of ketones is 1. The third-order valence-corrected chi connectivity index (χ3v) is 10.4. The van der Waals surface area contributed by atoms with Crippen LogP contribution in [0.1, 0.15) is 80.6 Å². The predicted octanol–water partition coefficient (Wildman–Crippen LogP) is 4.26. The fourth-order valence-corrected chi connectivity index (χ4v) is 7.37. The van der Waals surface area contributed by atoms with E-state index in [1.54, 1.807) is 34.7 Å². The van der Waals surface area contributed by atoms with E-state index in [1.165, 1.54) is 13.8 Å². The fourth-order valence-electron chi connectivity index (χ4n) is 7.37. The number of cyclic esters (lactones) is 1. The molecule has 4 rings (SSSR count). The Bertz CT molecular complexity index is 1480. The van der Waals surface area contributed by atoms with Gasteiger partial charge < -0.3 is 19.1 Å². The second-order valence-corrected chi connectivity index (χ2v) is 14.0. The number of carbonyl (C=O) groups excluding carboxylic acids is 4. The number of ether oxygens (including phenoxy) is 3. The Morgan fingerprint density at radius 3 is 2.45 bits per heavy atom. The highest BCUT2D eigenvalue weighted by atomic mass is 16.6. The molecule has 13 nitrogen and oxygen atoms in total. The molecule has 0 saturated carbocycles. The molecule has 2 amide bonds. The Kier molecular flexibility index (Phi) is 12.3. The highest BCUT2D eigenvalue weighted by Crippen LogP contribution is 2.41. The third-order valence-electron chi connectivity index (χ3n) is 10.4. The number of hydrogen-bond acceptors (Lipinski definition) is 10. The van der Waals surface area contributed by atoms with Crippen molar-refractivity contribution in [3.05, 3.63) is 30.6 Å². The van der Waals surface area contributed by atoms with E-state index in [-0.39, 0.29) is 24.0 Å². The molecule has 4 heterocycles. The van der Waals surface area contributed by atoms with Crippen LogP contribution in [0.2, 0.25) is 5.82 Å². The maximum atomic E-state index is 13.7. The van der Waals surface area contributed by atoms with Gasteiger partial charge in [-0.25, -0.2) is 4.79 Å². The lowest BCUT2D eigenvalue weighted by Crippen LogP contribution is -2.62. The van der Waals surface area contributed by atoms with E-state index in [0.717, 1.165) is 5.69 Å². The monoisotopic (exact) mass is 678 g/mol. The minimum atomic E-state index is -1.32. The Balaban J connectivity index is 1.62. The average Bonchev–Trinajstić information content (AvgIpc) is 3.65. The number of hydrogen-bond donors (Lipinski definition) is 0. The molecule has 0 unspecified atom stereocenters. The second-order valence-electron chi connectivity index (χ2n) is 14.0. The van der Waals surface area contributed by atoms with Crippen LogP contribution in [0.5, 0.6) is 0 Å². The van der Waals surface area contributed by atoms with Crippen LogP contribution in [0.25, 0.3) is 11.4 Å². The fraction of sp³-hybridized carbons (Fsp3) is 0.686. The van der Waals surface area contributed by atoms with Crippen molar-refractivity contribution in [3.8, 4) is 11.4 Å². The molecule has 266 valence electrons. The van der Waals surface area contributed by atoms with Gasteiger partial charge in [0.25, 0.3) is 0 Å². The Morgan fingerprint density at radius 2 is 1.82 bits per heavy atom. The SMILES string of the molecule is [B][C@@H]1CC(=O)[C@@H](C)C(=O)O[C@H](CC)[C@@]2(C)OC(=O)N(CCCCn3cc(-c4ccccn4)nn3)[C@@H]2[C@@H](C)N(C(C)=O)C[C@H](C)C[C@@]1(C)OC. The molecular formula is C35H51BN6O7. The summed E-state index contributed by atoms with van der Waals surface area (Å²) in [5.41, 5.74) is -0.810. The number of aromatic nitrogens is 4. The van der Waals surface area contributed by atoms with Gasteiger partial charge >= 0.3 is 12.1 Å². The molecule has 14 heteroatoms. The van der Waals surface area contributed by atoms with Gasteiger partial charge in [0.05, 0.1) is 37.4 Å². The molecule has 2 aromatic heterocycles. The second kappa shape index (κ2) is 15.8. The Morgan fingerprint density at radius 1 is 1.10 bits per heavy atom. The van der Waals surface area contributed by atoms with Gasteiger partial charge in [0.1, 0.15) is 23.5 Å². The third kappa shape index (κ3) is 8.33. The summed E-state index contributed by atoms with van der Waals surface area (Å²) in [6.07, 6.45) is 4.08. The van der Waals surface area contributed by atoms with E-state index in [4.69, 9.17) is 22.1 Å². The number of amides is 2. The van der Waals surface area contributed by atoms with Gasteiger partial charge in [0, 0.05) is 46.3 Å². The molecule has 0 spiro atoms. The van der Waals surface area contributed by atoms with Crippen LogP contribution in [-0.2, 0) is 35.1 Å². The molecule has 2 aliphatic heterocycles. The van der Waals surface area contributed by atoms with E-state index in [0.29, 0.717) is 51.0 Å². The summed E-state index contributed by atoms with van der Waals surface area (Å²) >= 11 is 0. The molecule has 0 aromatic carbocycles. The van der Waals surface area contributed by atoms with Crippen molar-refractivity contribution in [2.24, 2.45) is 11.8 Å². The van der Waals surface area contributed by atoms with E-state index in [2.05, 4.69) is 15.3 Å². The van der Waals surface area contributed by atoms with Crippen molar-refractivity contribution < 1.29 is 33.4 Å². The van der Waals surface area contributed by atoms with Gasteiger partial charge in [-0.3, -0.25) is 28.9 Å². The van der Waals surface area contributed by atoms with Crippen LogP contribution >= 0.6 is 0 Å². The van der Waals surface area contributed by atoms with E-state index >= 15 is 0 Å². The molecule has 2 aromatic rings. The first-order valence-corrected chi connectivity index (χ1v) is 17.3. The Labute approximate surface area is 290 Å². The van der Waals surface area contributed by atoms with Gasteiger partial charge in [-0.05, 0) is 77.2 Å². The van der Waals surface area contributed by atoms with Crippen molar-refractivity contribution in [1.82, 2.24) is 29.8 Å². The molecule has 0 bridgehead atoms. The molecule has 8 atom stereocenters. The number of methoxy groups -OCH3 is 1. The first-order chi connectivity index (χ1) is 23.1. The highest BCUT2D eigenvalue weighted by Gasteiger charge is 2.59. The van der Waals surface area contributed by atoms with Crippen molar-refractivity contribution in [2.75, 3.05) is 20.2 Å². The van der Waals surface area contributed by atoms with Crippen molar-refractivity contribution in [2.45, 2.75) is 122 Å². The van der Waals surface area contributed by atoms with Crippen molar-refractivity contribution >= 4 is 31.6 Å². The summed E-state index contributed by atoms with van der Waals surface area (Å²) in [6.45, 7) is 13.6. The zero-order valence-electron chi connectivity index (χ0n) is 30.1. The normalized spacial score (nSPS) is 31.8. The van der Waals surface area contributed by atoms with Gasteiger partial charge in [-0.2, -0.15) is 0 Å². The first-order valence-electron chi connectivity index (χ1n) is 17.3.